The van der Waals surface area contributed by atoms with E-state index in [4.69, 9.17) is 5.26 Å². The van der Waals surface area contributed by atoms with Gasteiger partial charge in [0, 0.05) is 49.2 Å². The van der Waals surface area contributed by atoms with Crippen LogP contribution in [0.15, 0.2) is 59.8 Å². The third-order valence-corrected chi connectivity index (χ3v) is 5.98. The summed E-state index contributed by atoms with van der Waals surface area (Å²) >= 11 is 0. The van der Waals surface area contributed by atoms with Gasteiger partial charge in [-0.1, -0.05) is 12.1 Å². The Bertz CT molecular complexity index is 1230. The molecule has 7 heteroatoms. The van der Waals surface area contributed by atoms with E-state index in [0.29, 0.717) is 36.5 Å². The Morgan fingerprint density at radius 3 is 2.83 bits per heavy atom. The number of nitriles is 1. The number of fused-ring (bicyclic) bond motifs is 4. The maximum atomic E-state index is 13.3. The van der Waals surface area contributed by atoms with Gasteiger partial charge in [0.1, 0.15) is 5.69 Å². The molecule has 2 bridgehead atoms. The van der Waals surface area contributed by atoms with Gasteiger partial charge in [-0.2, -0.15) is 5.26 Å². The standard InChI is InChI=1S/C23H19N5O2/c24-10-15-2-1-3-17(8-15)19-4-5-21-18-9-16(13-28(21)22(19)29)12-27(14-18)23(30)20-11-25-6-7-26-20/h1-8,11,16,18H,9,12-14H2/t16-,18+/m0/s1. The Morgan fingerprint density at radius 1 is 1.13 bits per heavy atom. The van der Waals surface area contributed by atoms with Crippen molar-refractivity contribution >= 4 is 5.91 Å². The molecule has 0 spiro atoms. The Hall–Kier alpha value is -3.79. The fourth-order valence-corrected chi connectivity index (χ4v) is 4.66. The van der Waals surface area contributed by atoms with Crippen LogP contribution in [0, 0.1) is 17.2 Å². The number of hydrogen-bond acceptors (Lipinski definition) is 5. The molecule has 0 aliphatic carbocycles. The molecule has 2 aliphatic heterocycles. The summed E-state index contributed by atoms with van der Waals surface area (Å²) in [6, 6.07) is 13.1. The second kappa shape index (κ2) is 7.23. The van der Waals surface area contributed by atoms with Gasteiger partial charge in [0.15, 0.2) is 0 Å². The van der Waals surface area contributed by atoms with Crippen LogP contribution >= 0.6 is 0 Å². The number of aromatic nitrogens is 3. The van der Waals surface area contributed by atoms with Crippen molar-refractivity contribution in [3.05, 3.63) is 82.3 Å². The highest BCUT2D eigenvalue weighted by Gasteiger charge is 2.37. The molecule has 5 rings (SSSR count). The van der Waals surface area contributed by atoms with Crippen LogP contribution in [0.3, 0.4) is 0 Å². The molecular weight excluding hydrogens is 378 g/mol. The van der Waals surface area contributed by atoms with Crippen LogP contribution in [0.2, 0.25) is 0 Å². The smallest absolute Gasteiger partial charge is 0.274 e. The lowest BCUT2D eigenvalue weighted by Gasteiger charge is -2.42. The maximum absolute atomic E-state index is 13.3. The van der Waals surface area contributed by atoms with E-state index in [1.807, 2.05) is 27.7 Å². The molecular formula is C23H19N5O2. The molecule has 2 aliphatic rings. The van der Waals surface area contributed by atoms with Gasteiger partial charge in [-0.3, -0.25) is 14.6 Å². The molecule has 7 nitrogen and oxygen atoms in total. The van der Waals surface area contributed by atoms with Crippen LogP contribution in [0.25, 0.3) is 11.1 Å². The van der Waals surface area contributed by atoms with Crippen molar-refractivity contribution in [1.82, 2.24) is 19.4 Å². The largest absolute Gasteiger partial charge is 0.336 e. The molecule has 2 atom stereocenters. The van der Waals surface area contributed by atoms with Crippen LogP contribution in [0.1, 0.15) is 34.1 Å². The van der Waals surface area contributed by atoms with E-state index < -0.39 is 0 Å². The van der Waals surface area contributed by atoms with Crippen LogP contribution in [-0.2, 0) is 6.54 Å². The monoisotopic (exact) mass is 397 g/mol. The fraction of sp³-hybridized carbons (Fsp3) is 0.261. The molecule has 148 valence electrons. The minimum absolute atomic E-state index is 0.0361. The minimum Gasteiger partial charge on any atom is -0.336 e. The molecule has 0 unspecified atom stereocenters. The molecule has 0 saturated carbocycles. The van der Waals surface area contributed by atoms with Crippen molar-refractivity contribution in [2.24, 2.45) is 5.92 Å². The zero-order valence-electron chi connectivity index (χ0n) is 16.2. The minimum atomic E-state index is -0.112. The summed E-state index contributed by atoms with van der Waals surface area (Å²) in [6.45, 7) is 1.75. The van der Waals surface area contributed by atoms with Crippen LogP contribution < -0.4 is 5.56 Å². The van der Waals surface area contributed by atoms with E-state index in [9.17, 15) is 9.59 Å². The number of piperidine rings is 1. The maximum Gasteiger partial charge on any atom is 0.274 e. The number of benzene rings is 1. The highest BCUT2D eigenvalue weighted by atomic mass is 16.2. The first-order valence-corrected chi connectivity index (χ1v) is 9.93. The second-order valence-corrected chi connectivity index (χ2v) is 7.88. The van der Waals surface area contributed by atoms with Crippen LogP contribution in [0.5, 0.6) is 0 Å². The highest BCUT2D eigenvalue weighted by molar-refractivity contribution is 5.92. The number of amides is 1. The third kappa shape index (κ3) is 3.07. The predicted octanol–water partition coefficient (Wildman–Crippen LogP) is 2.44. The molecule has 4 heterocycles. The summed E-state index contributed by atoms with van der Waals surface area (Å²) in [5.41, 5.74) is 3.17. The molecule has 2 aromatic heterocycles. The van der Waals surface area contributed by atoms with Crippen molar-refractivity contribution < 1.29 is 4.79 Å². The zero-order valence-corrected chi connectivity index (χ0v) is 16.2. The van der Waals surface area contributed by atoms with Gasteiger partial charge in [-0.25, -0.2) is 4.98 Å². The molecule has 30 heavy (non-hydrogen) atoms. The SMILES string of the molecule is N#Cc1cccc(-c2ccc3n(c2=O)C[C@H]2C[C@@H]3CN(C(=O)c3cnccn3)C2)c1. The van der Waals surface area contributed by atoms with Gasteiger partial charge < -0.3 is 9.47 Å². The lowest BCUT2D eigenvalue weighted by Crippen LogP contribution is -2.49. The Kier molecular flexibility index (Phi) is 4.40. The molecule has 0 radical (unpaired) electrons. The van der Waals surface area contributed by atoms with Gasteiger partial charge >= 0.3 is 0 Å². The van der Waals surface area contributed by atoms with Crippen molar-refractivity contribution in [3.8, 4) is 17.2 Å². The summed E-state index contributed by atoms with van der Waals surface area (Å²) in [5, 5.41) is 9.16. The predicted molar refractivity (Wildman–Crippen MR) is 110 cm³/mol. The first-order chi connectivity index (χ1) is 14.6. The topological polar surface area (TPSA) is 91.9 Å². The summed E-state index contributed by atoms with van der Waals surface area (Å²) in [4.78, 5) is 36.1. The highest BCUT2D eigenvalue weighted by Crippen LogP contribution is 2.36. The first kappa shape index (κ1) is 18.3. The van der Waals surface area contributed by atoms with Gasteiger partial charge in [0.25, 0.3) is 11.5 Å². The quantitative estimate of drug-likeness (QED) is 0.662. The summed E-state index contributed by atoms with van der Waals surface area (Å²) < 4.78 is 1.86. The summed E-state index contributed by atoms with van der Waals surface area (Å²) in [7, 11) is 0. The number of carbonyl (C=O) groups excluding carboxylic acids is 1. The average molecular weight is 397 g/mol. The number of nitrogens with zero attached hydrogens (tertiary/aromatic N) is 5. The van der Waals surface area contributed by atoms with Crippen LogP contribution in [-0.4, -0.2) is 38.4 Å². The summed E-state index contributed by atoms with van der Waals surface area (Å²) in [6.07, 6.45) is 5.53. The van der Waals surface area contributed by atoms with Crippen molar-refractivity contribution in [1.29, 1.82) is 5.26 Å². The Balaban J connectivity index is 1.48. The lowest BCUT2D eigenvalue weighted by atomic mass is 9.82. The first-order valence-electron chi connectivity index (χ1n) is 9.93. The molecule has 1 fully saturated rings. The fourth-order valence-electron chi connectivity index (χ4n) is 4.66. The number of hydrogen-bond donors (Lipinski definition) is 0. The Morgan fingerprint density at radius 2 is 2.03 bits per heavy atom. The van der Waals surface area contributed by atoms with E-state index in [2.05, 4.69) is 16.0 Å². The van der Waals surface area contributed by atoms with E-state index in [0.717, 1.165) is 17.7 Å². The van der Waals surface area contributed by atoms with Gasteiger partial charge in [-0.15, -0.1) is 0 Å². The molecule has 1 aromatic carbocycles. The second-order valence-electron chi connectivity index (χ2n) is 7.88. The number of likely N-dealkylation sites (tertiary alicyclic amines) is 1. The third-order valence-electron chi connectivity index (χ3n) is 5.98. The molecule has 1 amide bonds. The summed E-state index contributed by atoms with van der Waals surface area (Å²) in [5.74, 6) is 0.221. The number of rotatable bonds is 2. The number of carbonyl (C=O) groups is 1. The van der Waals surface area contributed by atoms with E-state index in [1.54, 1.807) is 24.4 Å². The number of pyridine rings is 1. The van der Waals surface area contributed by atoms with Crippen molar-refractivity contribution in [2.45, 2.75) is 18.9 Å². The van der Waals surface area contributed by atoms with Gasteiger partial charge in [0.2, 0.25) is 0 Å². The van der Waals surface area contributed by atoms with Gasteiger partial charge in [0.05, 0.1) is 17.8 Å². The molecule has 1 saturated heterocycles. The lowest BCUT2D eigenvalue weighted by molar-refractivity contribution is 0.0588. The van der Waals surface area contributed by atoms with Crippen molar-refractivity contribution in [2.75, 3.05) is 13.1 Å². The average Bonchev–Trinajstić information content (AvgIpc) is 2.80. The normalized spacial score (nSPS) is 19.6. The zero-order chi connectivity index (χ0) is 20.7. The van der Waals surface area contributed by atoms with Crippen LogP contribution in [0.4, 0.5) is 0 Å². The van der Waals surface area contributed by atoms with E-state index >= 15 is 0 Å². The van der Waals surface area contributed by atoms with Gasteiger partial charge in [-0.05, 0) is 42.2 Å². The Labute approximate surface area is 173 Å². The van der Waals surface area contributed by atoms with E-state index in [-0.39, 0.29) is 23.3 Å². The molecule has 3 aromatic rings. The van der Waals surface area contributed by atoms with E-state index in [1.165, 1.54) is 12.4 Å². The molecule has 0 N–H and O–H groups in total. The van der Waals surface area contributed by atoms with Crippen molar-refractivity contribution in [3.63, 3.8) is 0 Å².